The standard InChI is InChI=1S/C30H30F4N8O3/c1-35-22-9-16(31)8-18-23-25(41-6-4-5-17(41)12-40(2)3)20(11-36-27(23)39-24(18)22)15-7-19-26(43)21(29(44)45)13-42(28(19)37-10-15)38-14-30(32,33)34/h7-11,13,17,35,38H,4-6,12,14H2,1-3H3,(H,36,39)(H,44,45)/t17-/m0/s1. The summed E-state index contributed by atoms with van der Waals surface area (Å²) in [4.78, 5) is 41.8. The van der Waals surface area contributed by atoms with Crippen LogP contribution in [0.15, 0.2) is 41.6 Å². The normalized spacial score (nSPS) is 15.6. The van der Waals surface area contributed by atoms with E-state index in [1.165, 1.54) is 24.4 Å². The first-order chi connectivity index (χ1) is 21.4. The molecule has 5 aromatic rings. The molecule has 15 heteroatoms. The average molecular weight is 627 g/mol. The Morgan fingerprint density at radius 2 is 1.96 bits per heavy atom. The van der Waals surface area contributed by atoms with Gasteiger partial charge in [-0.3, -0.25) is 4.79 Å². The van der Waals surface area contributed by atoms with Gasteiger partial charge >= 0.3 is 12.1 Å². The largest absolute Gasteiger partial charge is 0.477 e. The summed E-state index contributed by atoms with van der Waals surface area (Å²) in [7, 11) is 5.64. The number of fused-ring (bicyclic) bond motifs is 4. The number of H-pyrrole nitrogens is 1. The Bertz CT molecular complexity index is 2020. The third-order valence-corrected chi connectivity index (χ3v) is 8.01. The summed E-state index contributed by atoms with van der Waals surface area (Å²) in [6, 6.07) is 4.32. The fraction of sp³-hybridized carbons (Fsp3) is 0.333. The number of nitrogens with one attached hydrogen (secondary N) is 3. The molecule has 0 amide bonds. The van der Waals surface area contributed by atoms with E-state index >= 15 is 0 Å². The van der Waals surface area contributed by atoms with Crippen LogP contribution in [-0.2, 0) is 0 Å². The Morgan fingerprint density at radius 1 is 1.18 bits per heavy atom. The van der Waals surface area contributed by atoms with E-state index < -0.39 is 35.5 Å². The molecule has 1 saturated heterocycles. The molecule has 0 radical (unpaired) electrons. The molecule has 0 bridgehead atoms. The Morgan fingerprint density at radius 3 is 2.64 bits per heavy atom. The first kappa shape index (κ1) is 30.1. The minimum absolute atomic E-state index is 0.0856. The average Bonchev–Trinajstić information content (AvgIpc) is 3.59. The Hall–Kier alpha value is -4.92. The summed E-state index contributed by atoms with van der Waals surface area (Å²) >= 11 is 0. The van der Waals surface area contributed by atoms with Gasteiger partial charge in [0.2, 0.25) is 5.43 Å². The molecule has 236 valence electrons. The van der Waals surface area contributed by atoms with Gasteiger partial charge in [-0.15, -0.1) is 0 Å². The molecule has 0 saturated carbocycles. The number of carbonyl (C=O) groups is 1. The number of halogens is 4. The number of likely N-dealkylation sites (N-methyl/N-ethyl adjacent to an activating group) is 1. The summed E-state index contributed by atoms with van der Waals surface area (Å²) in [6.45, 7) is -0.0642. The molecule has 4 N–H and O–H groups in total. The van der Waals surface area contributed by atoms with Gasteiger partial charge in [-0.1, -0.05) is 0 Å². The van der Waals surface area contributed by atoms with Gasteiger partial charge in [0.05, 0.1) is 27.7 Å². The van der Waals surface area contributed by atoms with Gasteiger partial charge in [0, 0.05) is 61.3 Å². The third-order valence-electron chi connectivity index (χ3n) is 8.01. The van der Waals surface area contributed by atoms with E-state index in [1.54, 1.807) is 13.2 Å². The fourth-order valence-electron chi connectivity index (χ4n) is 6.16. The summed E-state index contributed by atoms with van der Waals surface area (Å²) in [5.74, 6) is -2.04. The molecule has 1 aliphatic rings. The van der Waals surface area contributed by atoms with Crippen LogP contribution < -0.4 is 21.1 Å². The smallest absolute Gasteiger partial charge is 0.407 e. The number of aromatic amines is 1. The molecule has 0 spiro atoms. The maximum Gasteiger partial charge on any atom is 0.407 e. The second-order valence-electron chi connectivity index (χ2n) is 11.3. The summed E-state index contributed by atoms with van der Waals surface area (Å²) in [5, 5.41) is 13.7. The quantitative estimate of drug-likeness (QED) is 0.183. The third kappa shape index (κ3) is 5.47. The predicted molar refractivity (Wildman–Crippen MR) is 164 cm³/mol. The van der Waals surface area contributed by atoms with E-state index in [0.29, 0.717) is 45.3 Å². The van der Waals surface area contributed by atoms with Crippen LogP contribution in [0.2, 0.25) is 0 Å². The van der Waals surface area contributed by atoms with E-state index in [0.717, 1.165) is 35.9 Å². The van der Waals surface area contributed by atoms with Crippen molar-refractivity contribution in [1.29, 1.82) is 0 Å². The molecule has 6 rings (SSSR count). The van der Waals surface area contributed by atoms with Crippen LogP contribution >= 0.6 is 0 Å². The van der Waals surface area contributed by atoms with E-state index in [4.69, 9.17) is 0 Å². The zero-order chi connectivity index (χ0) is 32.2. The van der Waals surface area contributed by atoms with Gasteiger partial charge in [-0.05, 0) is 45.1 Å². The van der Waals surface area contributed by atoms with Gasteiger partial charge < -0.3 is 30.6 Å². The summed E-state index contributed by atoms with van der Waals surface area (Å²) < 4.78 is 54.8. The maximum atomic E-state index is 14.9. The lowest BCUT2D eigenvalue weighted by Crippen LogP contribution is -2.38. The number of alkyl halides is 3. The van der Waals surface area contributed by atoms with Crippen molar-refractivity contribution in [1.82, 2.24) is 24.5 Å². The van der Waals surface area contributed by atoms with Gasteiger partial charge in [-0.2, -0.15) is 13.2 Å². The molecular weight excluding hydrogens is 596 g/mol. The molecule has 1 atom stereocenters. The van der Waals surface area contributed by atoms with Crippen LogP contribution in [0.4, 0.5) is 28.9 Å². The number of hydrogen-bond donors (Lipinski definition) is 4. The van der Waals surface area contributed by atoms with E-state index in [2.05, 4.69) is 35.5 Å². The highest BCUT2D eigenvalue weighted by molar-refractivity contribution is 6.18. The molecule has 1 aromatic carbocycles. The highest BCUT2D eigenvalue weighted by Crippen LogP contribution is 2.44. The lowest BCUT2D eigenvalue weighted by molar-refractivity contribution is -0.116. The van der Waals surface area contributed by atoms with Crippen molar-refractivity contribution in [2.24, 2.45) is 0 Å². The van der Waals surface area contributed by atoms with Crippen molar-refractivity contribution >= 4 is 50.3 Å². The van der Waals surface area contributed by atoms with E-state index in [-0.39, 0.29) is 17.1 Å². The van der Waals surface area contributed by atoms with Crippen LogP contribution in [-0.4, -0.2) is 88.6 Å². The number of hydrogen-bond acceptors (Lipinski definition) is 8. The number of benzene rings is 1. The molecule has 1 fully saturated rings. The fourth-order valence-corrected chi connectivity index (χ4v) is 6.16. The maximum absolute atomic E-state index is 14.9. The first-order valence-electron chi connectivity index (χ1n) is 14.2. The zero-order valence-corrected chi connectivity index (χ0v) is 24.6. The molecule has 45 heavy (non-hydrogen) atoms. The minimum atomic E-state index is -4.61. The number of nitrogens with zero attached hydrogens (tertiary/aromatic N) is 5. The van der Waals surface area contributed by atoms with Crippen molar-refractivity contribution in [3.8, 4) is 11.1 Å². The van der Waals surface area contributed by atoms with Crippen LogP contribution in [0.1, 0.15) is 23.2 Å². The van der Waals surface area contributed by atoms with Gasteiger partial charge in [0.15, 0.2) is 5.65 Å². The predicted octanol–water partition coefficient (Wildman–Crippen LogP) is 4.61. The minimum Gasteiger partial charge on any atom is -0.477 e. The molecule has 11 nitrogen and oxygen atoms in total. The highest BCUT2D eigenvalue weighted by atomic mass is 19.4. The number of carboxylic acid groups (broad SMARTS) is 1. The summed E-state index contributed by atoms with van der Waals surface area (Å²) in [6.07, 6.45) is 0.991. The van der Waals surface area contributed by atoms with Crippen molar-refractivity contribution < 1.29 is 27.5 Å². The highest BCUT2D eigenvalue weighted by Gasteiger charge is 2.31. The SMILES string of the molecule is CNc1cc(F)cc2c1[nH]c1ncc(-c3cnc4c(c3)c(=O)c(C(=O)O)cn4NCC(F)(F)F)c(N3CCC[C@H]3CN(C)C)c12. The van der Waals surface area contributed by atoms with Crippen molar-refractivity contribution in [3.63, 3.8) is 0 Å². The Labute approximate surface area is 253 Å². The molecular formula is C30H30F4N8O3. The van der Waals surface area contributed by atoms with Crippen LogP contribution in [0.5, 0.6) is 0 Å². The van der Waals surface area contributed by atoms with Gasteiger partial charge in [0.25, 0.3) is 0 Å². The van der Waals surface area contributed by atoms with E-state index in [1.807, 2.05) is 14.1 Å². The van der Waals surface area contributed by atoms with Crippen molar-refractivity contribution in [3.05, 3.63) is 58.4 Å². The molecule has 5 heterocycles. The second kappa shape index (κ2) is 11.2. The number of rotatable bonds is 8. The lowest BCUT2D eigenvalue weighted by atomic mass is 10.0. The first-order valence-corrected chi connectivity index (χ1v) is 14.2. The lowest BCUT2D eigenvalue weighted by Gasteiger charge is -2.31. The monoisotopic (exact) mass is 626 g/mol. The molecule has 0 aliphatic carbocycles. The number of aromatic nitrogens is 4. The van der Waals surface area contributed by atoms with Crippen LogP contribution in [0.3, 0.4) is 0 Å². The number of anilines is 2. The Balaban J connectivity index is 1.64. The van der Waals surface area contributed by atoms with Crippen molar-refractivity contribution in [2.45, 2.75) is 25.1 Å². The second-order valence-corrected chi connectivity index (χ2v) is 11.3. The molecule has 0 unspecified atom stereocenters. The topological polar surface area (TPSA) is 131 Å². The van der Waals surface area contributed by atoms with Crippen molar-refractivity contribution in [2.75, 3.05) is 56.4 Å². The van der Waals surface area contributed by atoms with Crippen LogP contribution in [0, 0.1) is 5.82 Å². The number of pyridine rings is 3. The zero-order valence-electron chi connectivity index (χ0n) is 24.6. The Kier molecular flexibility index (Phi) is 7.51. The molecule has 4 aromatic heterocycles. The molecule has 1 aliphatic heterocycles. The van der Waals surface area contributed by atoms with Crippen LogP contribution in [0.25, 0.3) is 44.1 Å². The van der Waals surface area contributed by atoms with Gasteiger partial charge in [0.1, 0.15) is 23.6 Å². The number of carboxylic acids is 1. The van der Waals surface area contributed by atoms with Gasteiger partial charge in [-0.25, -0.2) is 23.8 Å². The number of aromatic carboxylic acids is 1. The summed E-state index contributed by atoms with van der Waals surface area (Å²) in [5.41, 5.74) is 3.70. The van der Waals surface area contributed by atoms with E-state index in [9.17, 15) is 32.3 Å².